The summed E-state index contributed by atoms with van der Waals surface area (Å²) in [4.78, 5) is 29.7. The first-order valence-electron chi connectivity index (χ1n) is 13.0. The summed E-state index contributed by atoms with van der Waals surface area (Å²) in [6, 6.07) is 14.1. The van der Waals surface area contributed by atoms with E-state index in [1.807, 2.05) is 23.2 Å². The summed E-state index contributed by atoms with van der Waals surface area (Å²) in [6.45, 7) is 3.25. The van der Waals surface area contributed by atoms with Crippen molar-refractivity contribution in [1.29, 1.82) is 0 Å². The van der Waals surface area contributed by atoms with Crippen LogP contribution < -0.4 is 14.4 Å². The lowest BCUT2D eigenvalue weighted by Gasteiger charge is -2.22. The van der Waals surface area contributed by atoms with Gasteiger partial charge in [-0.1, -0.05) is 18.2 Å². The van der Waals surface area contributed by atoms with Gasteiger partial charge in [-0.2, -0.15) is 0 Å². The highest BCUT2D eigenvalue weighted by Gasteiger charge is 2.31. The van der Waals surface area contributed by atoms with E-state index >= 15 is 0 Å². The molecule has 38 heavy (non-hydrogen) atoms. The number of rotatable bonds is 5. The molecule has 3 aliphatic rings. The largest absolute Gasteiger partial charge is 0.486 e. The fourth-order valence-corrected chi connectivity index (χ4v) is 5.92. The number of aliphatic carboxylic acids is 1. The first-order valence-corrected chi connectivity index (χ1v) is 13.0. The molecule has 7 rings (SSSR count). The molecule has 3 aliphatic heterocycles. The standard InChI is InChI=1S/C29H27N5O4/c35-29(36)24-5-2-9-33(24)16-18-13-22-27(30-15-18)28(32-17-31-22)34-10-8-21-20(3-1-4-23(21)34)19-6-7-25-26(14-19)38-12-11-37-25/h1,3-4,6-7,13-15,17,24H,2,5,8-12,16H2,(H,35,36)/t24-/m0/s1. The third-order valence-corrected chi connectivity index (χ3v) is 7.68. The van der Waals surface area contributed by atoms with Gasteiger partial charge in [0.15, 0.2) is 17.3 Å². The van der Waals surface area contributed by atoms with E-state index in [1.165, 1.54) is 11.1 Å². The Morgan fingerprint density at radius 2 is 1.92 bits per heavy atom. The number of hydrogen-bond donors (Lipinski definition) is 1. The van der Waals surface area contributed by atoms with Crippen LogP contribution in [0.5, 0.6) is 11.5 Å². The zero-order valence-electron chi connectivity index (χ0n) is 20.8. The third-order valence-electron chi connectivity index (χ3n) is 7.68. The molecule has 1 N–H and O–H groups in total. The van der Waals surface area contributed by atoms with Crippen LogP contribution in [-0.2, 0) is 17.8 Å². The van der Waals surface area contributed by atoms with Gasteiger partial charge in [0.25, 0.3) is 0 Å². The normalized spacial score (nSPS) is 18.6. The number of carboxylic acids is 1. The van der Waals surface area contributed by atoms with E-state index in [-0.39, 0.29) is 0 Å². The minimum Gasteiger partial charge on any atom is -0.486 e. The van der Waals surface area contributed by atoms with Crippen LogP contribution in [0.2, 0.25) is 0 Å². The van der Waals surface area contributed by atoms with Crippen LogP contribution >= 0.6 is 0 Å². The molecule has 192 valence electrons. The molecule has 9 nitrogen and oxygen atoms in total. The van der Waals surface area contributed by atoms with Crippen molar-refractivity contribution < 1.29 is 19.4 Å². The second-order valence-corrected chi connectivity index (χ2v) is 9.94. The first-order chi connectivity index (χ1) is 18.7. The fraction of sp³-hybridized carbons (Fsp3) is 0.310. The molecule has 0 aliphatic carbocycles. The number of carbonyl (C=O) groups is 1. The van der Waals surface area contributed by atoms with Crippen molar-refractivity contribution in [2.75, 3.05) is 31.2 Å². The number of hydrogen-bond acceptors (Lipinski definition) is 8. The number of ether oxygens (including phenoxy) is 2. The van der Waals surface area contributed by atoms with Gasteiger partial charge in [-0.15, -0.1) is 0 Å². The van der Waals surface area contributed by atoms with Gasteiger partial charge in [0.1, 0.15) is 31.1 Å². The summed E-state index contributed by atoms with van der Waals surface area (Å²) >= 11 is 0. The number of fused-ring (bicyclic) bond motifs is 3. The summed E-state index contributed by atoms with van der Waals surface area (Å²) in [6.07, 6.45) is 5.88. The zero-order chi connectivity index (χ0) is 25.6. The lowest BCUT2D eigenvalue weighted by molar-refractivity contribution is -0.142. The van der Waals surface area contributed by atoms with Crippen LogP contribution in [0.15, 0.2) is 55.0 Å². The summed E-state index contributed by atoms with van der Waals surface area (Å²) < 4.78 is 11.5. The Bertz CT molecular complexity index is 1560. The smallest absolute Gasteiger partial charge is 0.320 e. The Kier molecular flexibility index (Phi) is 5.58. The number of anilines is 2. The predicted molar refractivity (Wildman–Crippen MR) is 142 cm³/mol. The second kappa shape index (κ2) is 9.25. The van der Waals surface area contributed by atoms with E-state index in [4.69, 9.17) is 14.5 Å². The van der Waals surface area contributed by atoms with E-state index in [9.17, 15) is 9.90 Å². The summed E-state index contributed by atoms with van der Waals surface area (Å²) in [5.74, 6) is 1.59. The summed E-state index contributed by atoms with van der Waals surface area (Å²) in [5, 5.41) is 9.52. The van der Waals surface area contributed by atoms with Crippen molar-refractivity contribution in [2.45, 2.75) is 31.8 Å². The van der Waals surface area contributed by atoms with Crippen LogP contribution in [0.4, 0.5) is 11.5 Å². The molecule has 0 amide bonds. The van der Waals surface area contributed by atoms with Crippen LogP contribution in [-0.4, -0.2) is 63.3 Å². The molecule has 2 aromatic heterocycles. The van der Waals surface area contributed by atoms with Gasteiger partial charge in [-0.3, -0.25) is 14.7 Å². The number of carboxylic acid groups (broad SMARTS) is 1. The molecule has 4 aromatic rings. The van der Waals surface area contributed by atoms with Crippen LogP contribution in [0, 0.1) is 0 Å². The maximum atomic E-state index is 11.6. The van der Waals surface area contributed by atoms with Crippen molar-refractivity contribution in [2.24, 2.45) is 0 Å². The first kappa shape index (κ1) is 22.9. The SMILES string of the molecule is O=C(O)[C@@H]1CCCN1Cc1cnc2c(N3CCc4c(-c5ccc6c(c5)OCCO6)cccc43)ncnc2c1. The fourth-order valence-electron chi connectivity index (χ4n) is 5.92. The zero-order valence-corrected chi connectivity index (χ0v) is 20.8. The Hall–Kier alpha value is -4.24. The molecule has 1 saturated heterocycles. The van der Waals surface area contributed by atoms with E-state index in [1.54, 1.807) is 6.33 Å². The molecule has 0 radical (unpaired) electrons. The van der Waals surface area contributed by atoms with Gasteiger partial charge < -0.3 is 19.5 Å². The quantitative estimate of drug-likeness (QED) is 0.424. The summed E-state index contributed by atoms with van der Waals surface area (Å²) in [7, 11) is 0. The number of likely N-dealkylation sites (tertiary alicyclic amines) is 1. The van der Waals surface area contributed by atoms with Gasteiger partial charge in [0, 0.05) is 25.0 Å². The van der Waals surface area contributed by atoms with Crippen LogP contribution in [0.25, 0.3) is 22.2 Å². The maximum Gasteiger partial charge on any atom is 0.320 e. The average Bonchev–Trinajstić information content (AvgIpc) is 3.59. The lowest BCUT2D eigenvalue weighted by Crippen LogP contribution is -2.35. The van der Waals surface area contributed by atoms with Crippen molar-refractivity contribution >= 4 is 28.5 Å². The molecular formula is C29H27N5O4. The number of benzene rings is 2. The van der Waals surface area contributed by atoms with Crippen molar-refractivity contribution in [1.82, 2.24) is 19.9 Å². The highest BCUT2D eigenvalue weighted by atomic mass is 16.6. The molecule has 0 spiro atoms. The van der Waals surface area contributed by atoms with Crippen molar-refractivity contribution in [3.63, 3.8) is 0 Å². The molecule has 5 heterocycles. The average molecular weight is 510 g/mol. The molecule has 0 bridgehead atoms. The number of pyridine rings is 1. The molecular weight excluding hydrogens is 482 g/mol. The van der Waals surface area contributed by atoms with Gasteiger partial charge in [0.2, 0.25) is 0 Å². The van der Waals surface area contributed by atoms with Crippen molar-refractivity contribution in [3.8, 4) is 22.6 Å². The van der Waals surface area contributed by atoms with Gasteiger partial charge >= 0.3 is 5.97 Å². The highest BCUT2D eigenvalue weighted by Crippen LogP contribution is 2.42. The van der Waals surface area contributed by atoms with Gasteiger partial charge in [-0.25, -0.2) is 9.97 Å². The lowest BCUT2D eigenvalue weighted by atomic mass is 9.97. The molecule has 1 fully saturated rings. The van der Waals surface area contributed by atoms with E-state index in [0.29, 0.717) is 26.2 Å². The minimum absolute atomic E-state index is 0.434. The minimum atomic E-state index is -0.760. The van der Waals surface area contributed by atoms with Crippen LogP contribution in [0.1, 0.15) is 24.0 Å². The molecule has 1 atom stereocenters. The summed E-state index contributed by atoms with van der Waals surface area (Å²) in [5.41, 5.74) is 7.11. The van der Waals surface area contributed by atoms with Gasteiger partial charge in [-0.05, 0) is 72.3 Å². The monoisotopic (exact) mass is 509 g/mol. The maximum absolute atomic E-state index is 11.6. The van der Waals surface area contributed by atoms with Crippen molar-refractivity contribution in [3.05, 3.63) is 66.1 Å². The molecule has 2 aromatic carbocycles. The second-order valence-electron chi connectivity index (χ2n) is 9.94. The van der Waals surface area contributed by atoms with E-state index < -0.39 is 12.0 Å². The van der Waals surface area contributed by atoms with Gasteiger partial charge in [0.05, 0.1) is 5.52 Å². The van der Waals surface area contributed by atoms with Crippen LogP contribution in [0.3, 0.4) is 0 Å². The number of nitrogens with zero attached hydrogens (tertiary/aromatic N) is 5. The van der Waals surface area contributed by atoms with E-state index in [0.717, 1.165) is 71.1 Å². The Morgan fingerprint density at radius 3 is 2.82 bits per heavy atom. The predicted octanol–water partition coefficient (Wildman–Crippen LogP) is 4.21. The molecule has 9 heteroatoms. The Balaban J connectivity index is 1.21. The highest BCUT2D eigenvalue weighted by molar-refractivity contribution is 5.90. The topological polar surface area (TPSA) is 101 Å². The van der Waals surface area contributed by atoms with E-state index in [2.05, 4.69) is 45.2 Å². The Labute approximate surface area is 219 Å². The molecule has 0 saturated carbocycles. The third kappa shape index (κ3) is 3.90. The number of aromatic nitrogens is 3. The molecule has 0 unspecified atom stereocenters. The Morgan fingerprint density at radius 1 is 1.03 bits per heavy atom.